The molecule has 3 aromatic rings. The zero-order valence-electron chi connectivity index (χ0n) is 15.4. The Morgan fingerprint density at radius 2 is 2.00 bits per heavy atom. The van der Waals surface area contributed by atoms with Crippen LogP contribution in [0.25, 0.3) is 22.0 Å². The molecule has 0 saturated carbocycles. The van der Waals surface area contributed by atoms with E-state index in [9.17, 15) is 9.59 Å². The lowest BCUT2D eigenvalue weighted by Crippen LogP contribution is -2.28. The van der Waals surface area contributed by atoms with Crippen molar-refractivity contribution in [3.8, 4) is 11.1 Å². The highest BCUT2D eigenvalue weighted by molar-refractivity contribution is 6.31. The van der Waals surface area contributed by atoms with Gasteiger partial charge in [0.1, 0.15) is 5.56 Å². The third-order valence-corrected chi connectivity index (χ3v) is 5.03. The molecule has 28 heavy (non-hydrogen) atoms. The minimum atomic E-state index is -0.495. The van der Waals surface area contributed by atoms with Gasteiger partial charge in [0, 0.05) is 28.9 Å². The molecule has 0 bridgehead atoms. The number of nitrogens with zero attached hydrogens (tertiary/aromatic N) is 2. The van der Waals surface area contributed by atoms with Crippen LogP contribution in [-0.4, -0.2) is 30.0 Å². The molecular formula is C22H19ClN2O3. The van der Waals surface area contributed by atoms with Crippen molar-refractivity contribution < 1.29 is 14.3 Å². The minimum Gasteiger partial charge on any atom is -0.462 e. The van der Waals surface area contributed by atoms with Crippen LogP contribution >= 0.6 is 11.6 Å². The van der Waals surface area contributed by atoms with Crippen LogP contribution in [0.1, 0.15) is 30.1 Å². The summed E-state index contributed by atoms with van der Waals surface area (Å²) in [5.41, 5.74) is 2.50. The zero-order valence-corrected chi connectivity index (χ0v) is 16.2. The first-order chi connectivity index (χ1) is 13.6. The van der Waals surface area contributed by atoms with Crippen molar-refractivity contribution in [1.82, 2.24) is 4.98 Å². The Hall–Kier alpha value is -2.92. The summed E-state index contributed by atoms with van der Waals surface area (Å²) < 4.78 is 5.35. The fraction of sp³-hybridized carbons (Fsp3) is 0.227. The van der Waals surface area contributed by atoms with Crippen LogP contribution in [-0.2, 0) is 9.53 Å². The van der Waals surface area contributed by atoms with Crippen LogP contribution in [0.3, 0.4) is 0 Å². The van der Waals surface area contributed by atoms with Gasteiger partial charge in [-0.05, 0) is 37.1 Å². The third kappa shape index (κ3) is 3.22. The SMILES string of the molecule is CCOC(=O)c1c(N2CCCC2=O)nc2ccc(Cl)cc2c1-c1ccccc1. The van der Waals surface area contributed by atoms with E-state index in [0.29, 0.717) is 40.4 Å². The highest BCUT2D eigenvalue weighted by atomic mass is 35.5. The Morgan fingerprint density at radius 1 is 1.21 bits per heavy atom. The number of rotatable bonds is 4. The second-order valence-electron chi connectivity index (χ2n) is 6.58. The van der Waals surface area contributed by atoms with E-state index in [4.69, 9.17) is 16.3 Å². The van der Waals surface area contributed by atoms with Crippen LogP contribution in [0, 0.1) is 0 Å². The number of ether oxygens (including phenoxy) is 1. The van der Waals surface area contributed by atoms with E-state index in [1.54, 1.807) is 24.0 Å². The van der Waals surface area contributed by atoms with Gasteiger partial charge >= 0.3 is 5.97 Å². The molecule has 142 valence electrons. The molecule has 4 rings (SSSR count). The van der Waals surface area contributed by atoms with Gasteiger partial charge in [-0.2, -0.15) is 0 Å². The molecule has 0 atom stereocenters. The smallest absolute Gasteiger partial charge is 0.342 e. The van der Waals surface area contributed by atoms with E-state index in [-0.39, 0.29) is 12.5 Å². The van der Waals surface area contributed by atoms with E-state index in [2.05, 4.69) is 4.98 Å². The zero-order chi connectivity index (χ0) is 19.7. The molecule has 1 fully saturated rings. The molecule has 2 aromatic carbocycles. The minimum absolute atomic E-state index is 0.0367. The second kappa shape index (κ2) is 7.60. The number of pyridine rings is 1. The molecular weight excluding hydrogens is 376 g/mol. The molecule has 0 spiro atoms. The number of carbonyl (C=O) groups excluding carboxylic acids is 2. The maximum Gasteiger partial charge on any atom is 0.342 e. The van der Waals surface area contributed by atoms with E-state index in [0.717, 1.165) is 17.4 Å². The van der Waals surface area contributed by atoms with Crippen molar-refractivity contribution >= 4 is 40.2 Å². The number of benzene rings is 2. The monoisotopic (exact) mass is 394 g/mol. The summed E-state index contributed by atoms with van der Waals surface area (Å²) >= 11 is 6.25. The number of fused-ring (bicyclic) bond motifs is 1. The molecule has 0 aliphatic carbocycles. The lowest BCUT2D eigenvalue weighted by atomic mass is 9.95. The first-order valence-electron chi connectivity index (χ1n) is 9.26. The highest BCUT2D eigenvalue weighted by Gasteiger charge is 2.31. The van der Waals surface area contributed by atoms with Crippen molar-refractivity contribution in [2.75, 3.05) is 18.1 Å². The van der Waals surface area contributed by atoms with Crippen molar-refractivity contribution in [3.63, 3.8) is 0 Å². The fourth-order valence-electron chi connectivity index (χ4n) is 3.59. The number of carbonyl (C=O) groups is 2. The topological polar surface area (TPSA) is 59.5 Å². The molecule has 1 saturated heterocycles. The van der Waals surface area contributed by atoms with Gasteiger partial charge in [-0.1, -0.05) is 41.9 Å². The molecule has 2 heterocycles. The third-order valence-electron chi connectivity index (χ3n) is 4.80. The van der Waals surface area contributed by atoms with Gasteiger partial charge in [0.15, 0.2) is 5.82 Å². The molecule has 1 amide bonds. The van der Waals surface area contributed by atoms with Gasteiger partial charge in [0.2, 0.25) is 5.91 Å². The van der Waals surface area contributed by atoms with Gasteiger partial charge < -0.3 is 4.74 Å². The number of aromatic nitrogens is 1. The van der Waals surface area contributed by atoms with E-state index < -0.39 is 5.97 Å². The second-order valence-corrected chi connectivity index (χ2v) is 7.02. The van der Waals surface area contributed by atoms with Gasteiger partial charge in [0.25, 0.3) is 0 Å². The maximum absolute atomic E-state index is 13.0. The van der Waals surface area contributed by atoms with Crippen LogP contribution in [0.2, 0.25) is 5.02 Å². The maximum atomic E-state index is 13.0. The molecule has 0 N–H and O–H groups in total. The van der Waals surface area contributed by atoms with Gasteiger partial charge in [-0.15, -0.1) is 0 Å². The van der Waals surface area contributed by atoms with Crippen LogP contribution in [0.4, 0.5) is 5.82 Å². The van der Waals surface area contributed by atoms with Gasteiger partial charge in [0.05, 0.1) is 12.1 Å². The quantitative estimate of drug-likeness (QED) is 0.593. The number of halogens is 1. The average Bonchev–Trinajstić information content (AvgIpc) is 3.13. The average molecular weight is 395 g/mol. The number of anilines is 1. The van der Waals surface area contributed by atoms with Crippen molar-refractivity contribution in [3.05, 3.63) is 59.1 Å². The number of amides is 1. The Bertz CT molecular complexity index is 1070. The first kappa shape index (κ1) is 18.4. The molecule has 5 nitrogen and oxygen atoms in total. The summed E-state index contributed by atoms with van der Waals surface area (Å²) in [5.74, 6) is -0.176. The van der Waals surface area contributed by atoms with Crippen LogP contribution in [0.15, 0.2) is 48.5 Å². The largest absolute Gasteiger partial charge is 0.462 e. The summed E-state index contributed by atoms with van der Waals surface area (Å²) in [6.07, 6.45) is 1.19. The van der Waals surface area contributed by atoms with Crippen LogP contribution in [0.5, 0.6) is 0 Å². The summed E-state index contributed by atoms with van der Waals surface area (Å²) in [4.78, 5) is 31.8. The predicted octanol–water partition coefficient (Wildman–Crippen LogP) is 4.86. The lowest BCUT2D eigenvalue weighted by Gasteiger charge is -2.22. The summed E-state index contributed by atoms with van der Waals surface area (Å²) in [6.45, 7) is 2.52. The summed E-state index contributed by atoms with van der Waals surface area (Å²) in [7, 11) is 0. The molecule has 0 unspecified atom stereocenters. The fourth-order valence-corrected chi connectivity index (χ4v) is 3.76. The number of hydrogen-bond acceptors (Lipinski definition) is 4. The van der Waals surface area contributed by atoms with Crippen molar-refractivity contribution in [2.24, 2.45) is 0 Å². The lowest BCUT2D eigenvalue weighted by molar-refractivity contribution is -0.117. The summed E-state index contributed by atoms with van der Waals surface area (Å²) in [6, 6.07) is 14.9. The van der Waals surface area contributed by atoms with Gasteiger partial charge in [-0.3, -0.25) is 9.69 Å². The van der Waals surface area contributed by atoms with E-state index in [1.807, 2.05) is 36.4 Å². The first-order valence-corrected chi connectivity index (χ1v) is 9.64. The molecule has 1 aromatic heterocycles. The Labute approximate surface area is 167 Å². The van der Waals surface area contributed by atoms with Crippen LogP contribution < -0.4 is 4.90 Å². The number of esters is 1. The molecule has 1 aliphatic rings. The molecule has 1 aliphatic heterocycles. The molecule has 0 radical (unpaired) electrons. The van der Waals surface area contributed by atoms with E-state index in [1.165, 1.54) is 0 Å². The number of hydrogen-bond donors (Lipinski definition) is 0. The molecule has 6 heteroatoms. The van der Waals surface area contributed by atoms with Gasteiger partial charge in [-0.25, -0.2) is 9.78 Å². The standard InChI is InChI=1S/C22H19ClN2O3/c1-2-28-22(27)20-19(14-7-4-3-5-8-14)16-13-15(23)10-11-17(16)24-21(20)25-12-6-9-18(25)26/h3-5,7-8,10-11,13H,2,6,9,12H2,1H3. The Balaban J connectivity index is 2.11. The van der Waals surface area contributed by atoms with E-state index >= 15 is 0 Å². The Morgan fingerprint density at radius 3 is 2.68 bits per heavy atom. The van der Waals surface area contributed by atoms with Crippen molar-refractivity contribution in [2.45, 2.75) is 19.8 Å². The van der Waals surface area contributed by atoms with Crippen molar-refractivity contribution in [1.29, 1.82) is 0 Å². The Kier molecular flexibility index (Phi) is 5.01. The highest BCUT2D eigenvalue weighted by Crippen LogP contribution is 2.39. The normalized spacial score (nSPS) is 13.9. The summed E-state index contributed by atoms with van der Waals surface area (Å²) in [5, 5.41) is 1.29. The predicted molar refractivity (Wildman–Crippen MR) is 110 cm³/mol.